The average molecular weight is 196 g/mol. The van der Waals surface area contributed by atoms with Crippen LogP contribution in [-0.2, 0) is 0 Å². The fourth-order valence-electron chi connectivity index (χ4n) is 0.824. The third-order valence-electron chi connectivity index (χ3n) is 1.54. The van der Waals surface area contributed by atoms with E-state index in [9.17, 15) is 0 Å². The first-order valence-electron chi connectivity index (χ1n) is 3.84. The smallest absolute Gasteiger partial charge is 0.0765 e. The largest absolute Gasteiger partial charge is 0.411 e. The molecule has 2 nitrogen and oxygen atoms in total. The summed E-state index contributed by atoms with van der Waals surface area (Å²) in [6, 6.07) is 7.41. The second-order valence-corrected chi connectivity index (χ2v) is 3.06. The van der Waals surface area contributed by atoms with Crippen LogP contribution in [0.5, 0.6) is 0 Å². The summed E-state index contributed by atoms with van der Waals surface area (Å²) in [6.45, 7) is 1.71. The van der Waals surface area contributed by atoms with E-state index in [-0.39, 0.29) is 0 Å². The van der Waals surface area contributed by atoms with Crippen molar-refractivity contribution < 1.29 is 5.21 Å². The van der Waals surface area contributed by atoms with Gasteiger partial charge in [0.1, 0.15) is 0 Å². The molecule has 1 aromatic rings. The maximum absolute atomic E-state index is 8.37. The lowest BCUT2D eigenvalue weighted by Gasteiger charge is -1.92. The van der Waals surface area contributed by atoms with Gasteiger partial charge in [-0.3, -0.25) is 0 Å². The van der Waals surface area contributed by atoms with Gasteiger partial charge in [0.2, 0.25) is 0 Å². The highest BCUT2D eigenvalue weighted by atomic mass is 35.5. The van der Waals surface area contributed by atoms with E-state index in [2.05, 4.69) is 5.16 Å². The molecule has 13 heavy (non-hydrogen) atoms. The fourth-order valence-corrected chi connectivity index (χ4v) is 0.950. The first-order valence-corrected chi connectivity index (χ1v) is 4.22. The number of hydrogen-bond donors (Lipinski definition) is 1. The first kappa shape index (κ1) is 9.81. The Morgan fingerprint density at radius 2 is 2.00 bits per heavy atom. The van der Waals surface area contributed by atoms with Gasteiger partial charge in [-0.15, -0.1) is 0 Å². The minimum Gasteiger partial charge on any atom is -0.411 e. The summed E-state index contributed by atoms with van der Waals surface area (Å²) in [5, 5.41) is 12.1. The van der Waals surface area contributed by atoms with Gasteiger partial charge in [-0.1, -0.05) is 35.0 Å². The van der Waals surface area contributed by atoms with Gasteiger partial charge in [-0.25, -0.2) is 0 Å². The Labute approximate surface area is 82.1 Å². The van der Waals surface area contributed by atoms with E-state index in [0.29, 0.717) is 10.7 Å². The van der Waals surface area contributed by atoms with Gasteiger partial charge >= 0.3 is 0 Å². The van der Waals surface area contributed by atoms with Crippen LogP contribution in [0.15, 0.2) is 35.5 Å². The number of oxime groups is 1. The molecule has 0 fully saturated rings. The van der Waals surface area contributed by atoms with E-state index in [0.717, 1.165) is 5.56 Å². The highest BCUT2D eigenvalue weighted by Gasteiger charge is 1.88. The van der Waals surface area contributed by atoms with E-state index >= 15 is 0 Å². The standard InChI is InChI=1S/C10H10ClNO/c1-8(12-13)2-3-9-4-6-10(11)7-5-9/h2-7,13H,1H3/b3-2?,12-8-. The molecule has 1 aromatic carbocycles. The Kier molecular flexibility index (Phi) is 3.53. The molecule has 0 unspecified atom stereocenters. The zero-order valence-electron chi connectivity index (χ0n) is 7.24. The fraction of sp³-hybridized carbons (Fsp3) is 0.100. The molecular formula is C10H10ClNO. The Bertz CT molecular complexity index is 327. The summed E-state index contributed by atoms with van der Waals surface area (Å²) >= 11 is 5.71. The number of allylic oxidation sites excluding steroid dienone is 1. The zero-order valence-corrected chi connectivity index (χ0v) is 7.99. The predicted molar refractivity (Wildman–Crippen MR) is 55.4 cm³/mol. The lowest BCUT2D eigenvalue weighted by molar-refractivity contribution is 0.319. The van der Waals surface area contributed by atoms with Gasteiger partial charge in [0.15, 0.2) is 0 Å². The maximum Gasteiger partial charge on any atom is 0.0765 e. The molecule has 1 rings (SSSR count). The molecule has 0 bridgehead atoms. The van der Waals surface area contributed by atoms with Gasteiger partial charge < -0.3 is 5.21 Å². The molecule has 0 heterocycles. The summed E-state index contributed by atoms with van der Waals surface area (Å²) in [7, 11) is 0. The third kappa shape index (κ3) is 3.30. The highest BCUT2D eigenvalue weighted by Crippen LogP contribution is 2.10. The number of rotatable bonds is 2. The van der Waals surface area contributed by atoms with Crippen LogP contribution in [0, 0.1) is 0 Å². The van der Waals surface area contributed by atoms with Crippen LogP contribution < -0.4 is 0 Å². The first-order chi connectivity index (χ1) is 6.22. The van der Waals surface area contributed by atoms with Crippen molar-refractivity contribution in [3.05, 3.63) is 40.9 Å². The predicted octanol–water partition coefficient (Wildman–Crippen LogP) is 3.20. The van der Waals surface area contributed by atoms with Gasteiger partial charge in [0.05, 0.1) is 5.71 Å². The third-order valence-corrected chi connectivity index (χ3v) is 1.80. The van der Waals surface area contributed by atoms with Gasteiger partial charge in [0.25, 0.3) is 0 Å². The van der Waals surface area contributed by atoms with Crippen molar-refractivity contribution in [1.82, 2.24) is 0 Å². The summed E-state index contributed by atoms with van der Waals surface area (Å²) in [5.41, 5.74) is 1.59. The molecular weight excluding hydrogens is 186 g/mol. The number of nitrogens with zero attached hydrogens (tertiary/aromatic N) is 1. The second kappa shape index (κ2) is 4.67. The molecule has 0 saturated heterocycles. The molecule has 0 radical (unpaired) electrons. The molecule has 0 spiro atoms. The summed E-state index contributed by atoms with van der Waals surface area (Å²) in [4.78, 5) is 0. The van der Waals surface area contributed by atoms with E-state index < -0.39 is 0 Å². The summed E-state index contributed by atoms with van der Waals surface area (Å²) in [6.07, 6.45) is 3.58. The van der Waals surface area contributed by atoms with Crippen LogP contribution in [0.25, 0.3) is 6.08 Å². The normalized spacial score (nSPS) is 12.3. The lowest BCUT2D eigenvalue weighted by Crippen LogP contribution is -1.82. The van der Waals surface area contributed by atoms with Crippen molar-refractivity contribution in [2.75, 3.05) is 0 Å². The molecule has 0 atom stereocenters. The van der Waals surface area contributed by atoms with Crippen LogP contribution in [0.4, 0.5) is 0 Å². The molecule has 0 aliphatic carbocycles. The van der Waals surface area contributed by atoms with Crippen LogP contribution in [0.3, 0.4) is 0 Å². The monoisotopic (exact) mass is 195 g/mol. The van der Waals surface area contributed by atoms with Crippen LogP contribution in [0.2, 0.25) is 5.02 Å². The Hall–Kier alpha value is -1.28. The number of hydrogen-bond acceptors (Lipinski definition) is 2. The lowest BCUT2D eigenvalue weighted by atomic mass is 10.2. The topological polar surface area (TPSA) is 32.6 Å². The SMILES string of the molecule is C/C(C=Cc1ccc(Cl)cc1)=N/O. The van der Waals surface area contributed by atoms with E-state index in [1.807, 2.05) is 30.3 Å². The molecule has 1 N–H and O–H groups in total. The van der Waals surface area contributed by atoms with Crippen molar-refractivity contribution >= 4 is 23.4 Å². The van der Waals surface area contributed by atoms with Crippen molar-refractivity contribution in [3.63, 3.8) is 0 Å². The number of benzene rings is 1. The highest BCUT2D eigenvalue weighted by molar-refractivity contribution is 6.30. The van der Waals surface area contributed by atoms with Crippen LogP contribution in [-0.4, -0.2) is 10.9 Å². The van der Waals surface area contributed by atoms with Gasteiger partial charge in [-0.05, 0) is 30.7 Å². The average Bonchev–Trinajstić information content (AvgIpc) is 2.16. The number of halogens is 1. The van der Waals surface area contributed by atoms with E-state index in [1.165, 1.54) is 0 Å². The van der Waals surface area contributed by atoms with Crippen molar-refractivity contribution in [2.24, 2.45) is 5.16 Å². The second-order valence-electron chi connectivity index (χ2n) is 2.63. The Balaban J connectivity index is 2.75. The van der Waals surface area contributed by atoms with Gasteiger partial charge in [-0.2, -0.15) is 0 Å². The van der Waals surface area contributed by atoms with Crippen molar-refractivity contribution in [2.45, 2.75) is 6.92 Å². The summed E-state index contributed by atoms with van der Waals surface area (Å²) < 4.78 is 0. The minimum absolute atomic E-state index is 0.565. The van der Waals surface area contributed by atoms with Crippen molar-refractivity contribution in [3.8, 4) is 0 Å². The molecule has 0 saturated carbocycles. The molecule has 0 aromatic heterocycles. The maximum atomic E-state index is 8.37. The van der Waals surface area contributed by atoms with Crippen molar-refractivity contribution in [1.29, 1.82) is 0 Å². The minimum atomic E-state index is 0.565. The molecule has 0 aliphatic rings. The van der Waals surface area contributed by atoms with E-state index in [1.54, 1.807) is 13.0 Å². The molecule has 68 valence electrons. The Morgan fingerprint density at radius 1 is 1.38 bits per heavy atom. The zero-order chi connectivity index (χ0) is 9.68. The quantitative estimate of drug-likeness (QED) is 0.439. The molecule has 0 amide bonds. The van der Waals surface area contributed by atoms with Crippen LogP contribution in [0.1, 0.15) is 12.5 Å². The van der Waals surface area contributed by atoms with E-state index in [4.69, 9.17) is 16.8 Å². The molecule has 3 heteroatoms. The summed E-state index contributed by atoms with van der Waals surface area (Å²) in [5.74, 6) is 0. The molecule has 0 aliphatic heterocycles. The van der Waals surface area contributed by atoms with Gasteiger partial charge in [0, 0.05) is 5.02 Å². The Morgan fingerprint density at radius 3 is 2.54 bits per heavy atom. The van der Waals surface area contributed by atoms with Crippen LogP contribution >= 0.6 is 11.6 Å².